The Hall–Kier alpha value is -1.89. The highest BCUT2D eigenvalue weighted by Crippen LogP contribution is 2.32. The number of amides is 1. The molecule has 1 N–H and O–H groups in total. The molecule has 1 amide bonds. The Labute approximate surface area is 122 Å². The summed E-state index contributed by atoms with van der Waals surface area (Å²) in [4.78, 5) is 12.4. The molecular formula is C13H11BrFN3O2. The molecule has 5 nitrogen and oxygen atoms in total. The monoisotopic (exact) mass is 339 g/mol. The summed E-state index contributed by atoms with van der Waals surface area (Å²) in [5.41, 5.74) is 2.31. The summed E-state index contributed by atoms with van der Waals surface area (Å²) in [7, 11) is 0. The lowest BCUT2D eigenvalue weighted by molar-refractivity contribution is 0.131. The number of carboxylic acid groups (broad SMARTS) is 1. The quantitative estimate of drug-likeness (QED) is 0.868. The summed E-state index contributed by atoms with van der Waals surface area (Å²) in [5.74, 6) is -0.300. The fourth-order valence-electron chi connectivity index (χ4n) is 2.24. The number of halogens is 2. The minimum Gasteiger partial charge on any atom is -0.465 e. The van der Waals surface area contributed by atoms with Crippen molar-refractivity contribution in [3.05, 3.63) is 40.2 Å². The fourth-order valence-corrected chi connectivity index (χ4v) is 2.88. The molecule has 104 valence electrons. The SMILES string of the molecule is O=C(O)N1CCn2nc(-c3ccc(F)cc3)c(Br)c2C1. The number of nitrogens with zero attached hydrogens (tertiary/aromatic N) is 3. The lowest BCUT2D eigenvalue weighted by atomic mass is 10.1. The Morgan fingerprint density at radius 2 is 2.00 bits per heavy atom. The van der Waals surface area contributed by atoms with Gasteiger partial charge < -0.3 is 10.0 Å². The highest BCUT2D eigenvalue weighted by molar-refractivity contribution is 9.10. The smallest absolute Gasteiger partial charge is 0.407 e. The van der Waals surface area contributed by atoms with Crippen molar-refractivity contribution in [2.75, 3.05) is 6.54 Å². The first kappa shape index (κ1) is 13.1. The van der Waals surface area contributed by atoms with Crippen LogP contribution in [0.25, 0.3) is 11.3 Å². The van der Waals surface area contributed by atoms with Gasteiger partial charge in [0.2, 0.25) is 0 Å². The molecule has 0 saturated heterocycles. The highest BCUT2D eigenvalue weighted by atomic mass is 79.9. The topological polar surface area (TPSA) is 58.4 Å². The molecule has 1 aliphatic heterocycles. The third-order valence-electron chi connectivity index (χ3n) is 3.30. The molecule has 20 heavy (non-hydrogen) atoms. The molecule has 0 unspecified atom stereocenters. The zero-order valence-electron chi connectivity index (χ0n) is 10.4. The van der Waals surface area contributed by atoms with Gasteiger partial charge in [-0.3, -0.25) is 4.68 Å². The van der Waals surface area contributed by atoms with Crippen molar-refractivity contribution in [1.29, 1.82) is 0 Å². The molecule has 1 aromatic heterocycles. The van der Waals surface area contributed by atoms with Crippen LogP contribution in [-0.2, 0) is 13.1 Å². The third-order valence-corrected chi connectivity index (χ3v) is 4.14. The van der Waals surface area contributed by atoms with Crippen LogP contribution in [0.4, 0.5) is 9.18 Å². The van der Waals surface area contributed by atoms with E-state index in [2.05, 4.69) is 21.0 Å². The fraction of sp³-hybridized carbons (Fsp3) is 0.231. The molecule has 0 aliphatic carbocycles. The number of benzene rings is 1. The molecule has 2 heterocycles. The van der Waals surface area contributed by atoms with Crippen molar-refractivity contribution < 1.29 is 14.3 Å². The first-order valence-corrected chi connectivity index (χ1v) is 6.84. The van der Waals surface area contributed by atoms with Crippen molar-refractivity contribution in [3.8, 4) is 11.3 Å². The molecule has 7 heteroatoms. The first-order chi connectivity index (χ1) is 9.56. The largest absolute Gasteiger partial charge is 0.465 e. The predicted molar refractivity (Wildman–Crippen MR) is 73.8 cm³/mol. The van der Waals surface area contributed by atoms with Crippen LogP contribution in [0.1, 0.15) is 5.69 Å². The lowest BCUT2D eigenvalue weighted by Gasteiger charge is -2.25. The Morgan fingerprint density at radius 3 is 2.65 bits per heavy atom. The number of rotatable bonds is 1. The van der Waals surface area contributed by atoms with Crippen LogP contribution in [0, 0.1) is 5.82 Å². The second-order valence-corrected chi connectivity index (χ2v) is 5.34. The van der Waals surface area contributed by atoms with Gasteiger partial charge in [-0.25, -0.2) is 9.18 Å². The zero-order valence-corrected chi connectivity index (χ0v) is 12.0. The van der Waals surface area contributed by atoms with Gasteiger partial charge in [0.15, 0.2) is 0 Å². The van der Waals surface area contributed by atoms with E-state index in [1.165, 1.54) is 17.0 Å². The van der Waals surface area contributed by atoms with E-state index in [1.807, 2.05) is 0 Å². The van der Waals surface area contributed by atoms with Gasteiger partial charge in [0.25, 0.3) is 0 Å². The Kier molecular flexibility index (Phi) is 3.21. The standard InChI is InChI=1S/C13H11BrFN3O2/c14-11-10-7-17(13(19)20)5-6-18(10)16-12(11)8-1-3-9(15)4-2-8/h1-4H,5-7H2,(H,19,20). The van der Waals surface area contributed by atoms with E-state index in [9.17, 15) is 9.18 Å². The third kappa shape index (κ3) is 2.18. The summed E-state index contributed by atoms with van der Waals surface area (Å²) in [6.07, 6.45) is -0.937. The molecule has 0 saturated carbocycles. The van der Waals surface area contributed by atoms with Crippen LogP contribution in [0.3, 0.4) is 0 Å². The van der Waals surface area contributed by atoms with Gasteiger partial charge in [-0.2, -0.15) is 5.10 Å². The maximum Gasteiger partial charge on any atom is 0.407 e. The number of aromatic nitrogens is 2. The minimum atomic E-state index is -0.937. The summed E-state index contributed by atoms with van der Waals surface area (Å²) >= 11 is 3.47. The molecule has 2 aromatic rings. The molecule has 1 aliphatic rings. The maximum absolute atomic E-state index is 13.0. The number of fused-ring (bicyclic) bond motifs is 1. The summed E-state index contributed by atoms with van der Waals surface area (Å²) < 4.78 is 15.5. The number of carbonyl (C=O) groups is 1. The van der Waals surface area contributed by atoms with E-state index in [0.717, 1.165) is 15.7 Å². The van der Waals surface area contributed by atoms with Crippen LogP contribution < -0.4 is 0 Å². The van der Waals surface area contributed by atoms with E-state index in [0.29, 0.717) is 25.3 Å². The van der Waals surface area contributed by atoms with Crippen LogP contribution in [0.2, 0.25) is 0 Å². The van der Waals surface area contributed by atoms with Gasteiger partial charge in [-0.05, 0) is 40.2 Å². The Bertz CT molecular complexity index is 669. The number of hydrogen-bond acceptors (Lipinski definition) is 2. The van der Waals surface area contributed by atoms with Gasteiger partial charge >= 0.3 is 6.09 Å². The molecule has 3 rings (SSSR count). The lowest BCUT2D eigenvalue weighted by Crippen LogP contribution is -2.37. The molecular weight excluding hydrogens is 329 g/mol. The average molecular weight is 340 g/mol. The van der Waals surface area contributed by atoms with E-state index in [4.69, 9.17) is 5.11 Å². The van der Waals surface area contributed by atoms with Crippen molar-refractivity contribution in [1.82, 2.24) is 14.7 Å². The van der Waals surface area contributed by atoms with Crippen molar-refractivity contribution in [3.63, 3.8) is 0 Å². The van der Waals surface area contributed by atoms with Crippen molar-refractivity contribution in [2.24, 2.45) is 0 Å². The van der Waals surface area contributed by atoms with Crippen LogP contribution in [0.5, 0.6) is 0 Å². The van der Waals surface area contributed by atoms with Crippen molar-refractivity contribution in [2.45, 2.75) is 13.1 Å². The summed E-state index contributed by atoms with van der Waals surface area (Å²) in [6.45, 7) is 1.23. The number of hydrogen-bond donors (Lipinski definition) is 1. The van der Waals surface area contributed by atoms with E-state index < -0.39 is 6.09 Å². The normalized spacial score (nSPS) is 14.2. The molecule has 0 spiro atoms. The second kappa shape index (κ2) is 4.90. The van der Waals surface area contributed by atoms with Gasteiger partial charge in [0.1, 0.15) is 11.5 Å². The van der Waals surface area contributed by atoms with Gasteiger partial charge in [0, 0.05) is 12.1 Å². The zero-order chi connectivity index (χ0) is 14.3. The van der Waals surface area contributed by atoms with Crippen LogP contribution >= 0.6 is 15.9 Å². The molecule has 0 fully saturated rings. The summed E-state index contributed by atoms with van der Waals surface area (Å²) in [5, 5.41) is 13.5. The predicted octanol–water partition coefficient (Wildman–Crippen LogP) is 2.95. The highest BCUT2D eigenvalue weighted by Gasteiger charge is 2.25. The second-order valence-electron chi connectivity index (χ2n) is 4.54. The molecule has 1 aromatic carbocycles. The van der Waals surface area contributed by atoms with E-state index >= 15 is 0 Å². The van der Waals surface area contributed by atoms with Gasteiger partial charge in [-0.15, -0.1) is 0 Å². The first-order valence-electron chi connectivity index (χ1n) is 6.05. The van der Waals surface area contributed by atoms with Crippen LogP contribution in [-0.4, -0.2) is 32.4 Å². The molecule has 0 bridgehead atoms. The molecule has 0 atom stereocenters. The summed E-state index contributed by atoms with van der Waals surface area (Å²) in [6, 6.07) is 6.07. The van der Waals surface area contributed by atoms with E-state index in [-0.39, 0.29) is 5.82 Å². The Balaban J connectivity index is 2.00. The van der Waals surface area contributed by atoms with E-state index in [1.54, 1.807) is 16.8 Å². The average Bonchev–Trinajstić information content (AvgIpc) is 2.76. The van der Waals surface area contributed by atoms with Crippen LogP contribution in [0.15, 0.2) is 28.7 Å². The van der Waals surface area contributed by atoms with Gasteiger partial charge in [-0.1, -0.05) is 0 Å². The Morgan fingerprint density at radius 1 is 1.30 bits per heavy atom. The van der Waals surface area contributed by atoms with Crippen molar-refractivity contribution >= 4 is 22.0 Å². The minimum absolute atomic E-state index is 0.296. The molecule has 0 radical (unpaired) electrons. The van der Waals surface area contributed by atoms with Gasteiger partial charge in [0.05, 0.1) is 23.3 Å². The maximum atomic E-state index is 13.0.